The SMILES string of the molecule is CCCCCCCCCCC/C=C/CCCCCCCC(=O)OCC(COCCC(C(=O)[O-])[N+](C)(C)C)OC(=O)CCCCCCCCCCCCCCC. The third-order valence-corrected chi connectivity index (χ3v) is 10.7. The highest BCUT2D eigenvalue weighted by Gasteiger charge is 2.25. The summed E-state index contributed by atoms with van der Waals surface area (Å²) in [4.78, 5) is 36.9. The van der Waals surface area contributed by atoms with E-state index >= 15 is 0 Å². The van der Waals surface area contributed by atoms with Crippen molar-refractivity contribution in [1.29, 1.82) is 0 Å². The number of unbranched alkanes of at least 4 members (excludes halogenated alkanes) is 26. The maximum absolute atomic E-state index is 12.7. The zero-order chi connectivity index (χ0) is 40.7. The largest absolute Gasteiger partial charge is 0.544 e. The minimum absolute atomic E-state index is 0.0438. The Labute approximate surface area is 339 Å². The first kappa shape index (κ1) is 53.1. The highest BCUT2D eigenvalue weighted by atomic mass is 16.6. The number of carbonyl (C=O) groups excluding carboxylic acids is 3. The first-order valence-corrected chi connectivity index (χ1v) is 23.2. The first-order valence-electron chi connectivity index (χ1n) is 23.2. The highest BCUT2D eigenvalue weighted by Crippen LogP contribution is 2.15. The van der Waals surface area contributed by atoms with E-state index in [1.165, 1.54) is 141 Å². The monoisotopic (exact) mass is 780 g/mol. The zero-order valence-electron chi connectivity index (χ0n) is 36.9. The fraction of sp³-hybridized carbons (Fsp3) is 0.894. The van der Waals surface area contributed by atoms with Gasteiger partial charge in [-0.25, -0.2) is 0 Å². The van der Waals surface area contributed by atoms with Gasteiger partial charge in [0.15, 0.2) is 6.10 Å². The second-order valence-corrected chi connectivity index (χ2v) is 17.0. The van der Waals surface area contributed by atoms with Crippen LogP contribution in [0.2, 0.25) is 0 Å². The highest BCUT2D eigenvalue weighted by molar-refractivity contribution is 5.70. The van der Waals surface area contributed by atoms with Crippen LogP contribution in [0.3, 0.4) is 0 Å². The average Bonchev–Trinajstić information content (AvgIpc) is 3.14. The molecule has 0 bridgehead atoms. The summed E-state index contributed by atoms with van der Waals surface area (Å²) in [5, 5.41) is 11.6. The molecule has 0 N–H and O–H groups in total. The lowest BCUT2D eigenvalue weighted by Crippen LogP contribution is -2.55. The Morgan fingerprint density at radius 3 is 1.31 bits per heavy atom. The van der Waals surface area contributed by atoms with Crippen molar-refractivity contribution in [2.24, 2.45) is 0 Å². The number of allylic oxidation sites excluding steroid dienone is 2. The summed E-state index contributed by atoms with van der Waals surface area (Å²) in [6, 6.07) is -0.722. The Kier molecular flexibility index (Phi) is 37.6. The quantitative estimate of drug-likeness (QED) is 0.0263. The molecule has 2 atom stereocenters. The summed E-state index contributed by atoms with van der Waals surface area (Å²) in [5.41, 5.74) is 0. The van der Waals surface area contributed by atoms with Crippen LogP contribution in [0.1, 0.15) is 219 Å². The van der Waals surface area contributed by atoms with E-state index in [0.29, 0.717) is 12.8 Å². The van der Waals surface area contributed by atoms with Crippen molar-refractivity contribution < 1.29 is 38.2 Å². The maximum Gasteiger partial charge on any atom is 0.306 e. The van der Waals surface area contributed by atoms with Crippen LogP contribution in [0.5, 0.6) is 0 Å². The summed E-state index contributed by atoms with van der Waals surface area (Å²) in [6.07, 6.45) is 40.9. The molecule has 324 valence electrons. The summed E-state index contributed by atoms with van der Waals surface area (Å²) >= 11 is 0. The van der Waals surface area contributed by atoms with E-state index in [2.05, 4.69) is 26.0 Å². The van der Waals surface area contributed by atoms with E-state index in [0.717, 1.165) is 44.9 Å². The van der Waals surface area contributed by atoms with E-state index < -0.39 is 18.1 Å². The van der Waals surface area contributed by atoms with Crippen molar-refractivity contribution in [3.63, 3.8) is 0 Å². The fourth-order valence-corrected chi connectivity index (χ4v) is 7.01. The average molecular weight is 780 g/mol. The summed E-state index contributed by atoms with van der Waals surface area (Å²) in [5.74, 6) is -1.73. The zero-order valence-corrected chi connectivity index (χ0v) is 36.9. The maximum atomic E-state index is 12.7. The summed E-state index contributed by atoms with van der Waals surface area (Å²) in [6.45, 7) is 4.68. The fourth-order valence-electron chi connectivity index (χ4n) is 7.01. The van der Waals surface area contributed by atoms with Crippen LogP contribution in [0.15, 0.2) is 12.2 Å². The molecule has 0 rings (SSSR count). The van der Waals surface area contributed by atoms with Gasteiger partial charge in [-0.2, -0.15) is 0 Å². The summed E-state index contributed by atoms with van der Waals surface area (Å²) in [7, 11) is 5.41. The molecule has 0 heterocycles. The smallest absolute Gasteiger partial charge is 0.306 e. The van der Waals surface area contributed by atoms with Gasteiger partial charge in [0.2, 0.25) is 0 Å². The van der Waals surface area contributed by atoms with Crippen molar-refractivity contribution in [2.75, 3.05) is 41.0 Å². The molecule has 0 aromatic heterocycles. The molecule has 0 radical (unpaired) electrons. The molecular formula is C47H89NO7. The minimum Gasteiger partial charge on any atom is -0.544 e. The molecule has 0 aliphatic rings. The number of hydrogen-bond acceptors (Lipinski definition) is 7. The van der Waals surface area contributed by atoms with Gasteiger partial charge in [0.1, 0.15) is 12.6 Å². The number of carboxylic acid groups (broad SMARTS) is 1. The second-order valence-electron chi connectivity index (χ2n) is 17.0. The molecule has 55 heavy (non-hydrogen) atoms. The molecule has 0 fully saturated rings. The molecule has 0 saturated heterocycles. The van der Waals surface area contributed by atoms with Gasteiger partial charge in [0, 0.05) is 19.3 Å². The third-order valence-electron chi connectivity index (χ3n) is 10.7. The number of carbonyl (C=O) groups is 3. The van der Waals surface area contributed by atoms with Gasteiger partial charge >= 0.3 is 11.9 Å². The summed E-state index contributed by atoms with van der Waals surface area (Å²) < 4.78 is 17.2. The van der Waals surface area contributed by atoms with Gasteiger partial charge in [-0.1, -0.05) is 174 Å². The Morgan fingerprint density at radius 1 is 0.527 bits per heavy atom. The van der Waals surface area contributed by atoms with Crippen LogP contribution >= 0.6 is 0 Å². The van der Waals surface area contributed by atoms with Crippen molar-refractivity contribution in [2.45, 2.75) is 231 Å². The molecule has 0 amide bonds. The van der Waals surface area contributed by atoms with Gasteiger partial charge < -0.3 is 28.6 Å². The molecule has 0 aliphatic heterocycles. The van der Waals surface area contributed by atoms with Crippen LogP contribution < -0.4 is 5.11 Å². The number of likely N-dealkylation sites (N-methyl/N-ethyl adjacent to an activating group) is 1. The number of quaternary nitrogens is 1. The standard InChI is InChI=1S/C47H89NO7/c1-6-8-10-12-14-16-18-20-21-22-23-24-26-27-29-31-33-35-37-45(49)54-42-43(41-53-40-39-44(47(51)52)48(3,4)5)55-46(50)38-36-34-32-30-28-25-19-17-15-13-11-9-7-2/h23-24,43-44H,6-22,25-42H2,1-5H3/b24-23+. The van der Waals surface area contributed by atoms with E-state index in [9.17, 15) is 19.5 Å². The molecule has 0 spiro atoms. The van der Waals surface area contributed by atoms with Crippen LogP contribution in [0.25, 0.3) is 0 Å². The van der Waals surface area contributed by atoms with Crippen LogP contribution in [-0.4, -0.2) is 75.5 Å². The lowest BCUT2D eigenvalue weighted by atomic mass is 10.0. The Balaban J connectivity index is 4.28. The number of ether oxygens (including phenoxy) is 3. The Hall–Kier alpha value is -1.93. The molecule has 0 aliphatic carbocycles. The predicted molar refractivity (Wildman–Crippen MR) is 227 cm³/mol. The Morgan fingerprint density at radius 2 is 0.909 bits per heavy atom. The minimum atomic E-state index is -1.12. The van der Waals surface area contributed by atoms with E-state index in [1.807, 2.05) is 0 Å². The van der Waals surface area contributed by atoms with Gasteiger partial charge in [0.05, 0.1) is 40.3 Å². The number of esters is 2. The number of carboxylic acids is 1. The van der Waals surface area contributed by atoms with Crippen LogP contribution in [0, 0.1) is 0 Å². The van der Waals surface area contributed by atoms with Crippen LogP contribution in [-0.2, 0) is 28.6 Å². The van der Waals surface area contributed by atoms with Crippen molar-refractivity contribution in [3.05, 3.63) is 12.2 Å². The Bertz CT molecular complexity index is 915. The lowest BCUT2D eigenvalue weighted by Gasteiger charge is -2.34. The van der Waals surface area contributed by atoms with Crippen molar-refractivity contribution in [1.82, 2.24) is 0 Å². The lowest BCUT2D eigenvalue weighted by molar-refractivity contribution is -0.889. The number of rotatable bonds is 42. The molecule has 8 nitrogen and oxygen atoms in total. The van der Waals surface area contributed by atoms with Crippen LogP contribution in [0.4, 0.5) is 0 Å². The van der Waals surface area contributed by atoms with Gasteiger partial charge in [-0.3, -0.25) is 9.59 Å². The molecule has 0 aromatic rings. The third kappa shape index (κ3) is 37.4. The number of hydrogen-bond donors (Lipinski definition) is 0. The molecule has 0 saturated carbocycles. The van der Waals surface area contributed by atoms with E-state index in [-0.39, 0.29) is 42.7 Å². The van der Waals surface area contributed by atoms with E-state index in [4.69, 9.17) is 14.2 Å². The van der Waals surface area contributed by atoms with Gasteiger partial charge in [-0.15, -0.1) is 0 Å². The topological polar surface area (TPSA) is 102 Å². The van der Waals surface area contributed by atoms with E-state index in [1.54, 1.807) is 21.1 Å². The number of nitrogens with zero attached hydrogens (tertiary/aromatic N) is 1. The predicted octanol–water partition coefficient (Wildman–Crippen LogP) is 11.4. The second kappa shape index (κ2) is 38.9. The normalized spacial score (nSPS) is 13.0. The van der Waals surface area contributed by atoms with Crippen molar-refractivity contribution >= 4 is 17.9 Å². The molecule has 8 heteroatoms. The number of aliphatic carboxylic acids is 1. The first-order chi connectivity index (χ1) is 26.6. The molecule has 0 aromatic carbocycles. The molecular weight excluding hydrogens is 691 g/mol. The van der Waals surface area contributed by atoms with Crippen molar-refractivity contribution in [3.8, 4) is 0 Å². The van der Waals surface area contributed by atoms with Gasteiger partial charge in [-0.05, 0) is 38.5 Å². The van der Waals surface area contributed by atoms with Gasteiger partial charge in [0.25, 0.3) is 0 Å². The molecule has 2 unspecified atom stereocenters.